The van der Waals surface area contributed by atoms with Crippen molar-refractivity contribution >= 4 is 11.9 Å². The van der Waals surface area contributed by atoms with Gasteiger partial charge in [-0.05, 0) is 48.9 Å². The van der Waals surface area contributed by atoms with E-state index < -0.39 is 12.0 Å². The van der Waals surface area contributed by atoms with Gasteiger partial charge in [-0.25, -0.2) is 0 Å². The largest absolute Gasteiger partial charge is 0.496 e. The van der Waals surface area contributed by atoms with Gasteiger partial charge in [-0.2, -0.15) is 5.10 Å². The normalized spacial score (nSPS) is 14.7. The van der Waals surface area contributed by atoms with Gasteiger partial charge in [-0.15, -0.1) is 0 Å². The molecule has 0 saturated heterocycles. The van der Waals surface area contributed by atoms with E-state index in [0.29, 0.717) is 24.5 Å². The molecule has 8 heteroatoms. The Morgan fingerprint density at radius 3 is 2.44 bits per heavy atom. The third-order valence-electron chi connectivity index (χ3n) is 7.10. The summed E-state index contributed by atoms with van der Waals surface area (Å²) in [6.07, 6.45) is 5.77. The highest BCUT2D eigenvalue weighted by atomic mass is 16.5. The minimum atomic E-state index is -0.941. The van der Waals surface area contributed by atoms with Crippen LogP contribution in [-0.4, -0.2) is 39.9 Å². The Morgan fingerprint density at radius 2 is 1.77 bits per heavy atom. The topological polar surface area (TPSA) is 103 Å². The summed E-state index contributed by atoms with van der Waals surface area (Å²) in [6.45, 7) is 4.41. The van der Waals surface area contributed by atoms with Crippen LogP contribution < -0.4 is 14.8 Å². The van der Waals surface area contributed by atoms with Gasteiger partial charge in [0, 0.05) is 6.04 Å². The maximum absolute atomic E-state index is 13.4. The second-order valence-corrected chi connectivity index (χ2v) is 10.7. The number of nitrogens with zero attached hydrogens (tertiary/aromatic N) is 2. The molecule has 0 unspecified atom stereocenters. The number of methoxy groups -OCH3 is 1. The second-order valence-electron chi connectivity index (χ2n) is 10.7. The van der Waals surface area contributed by atoms with Crippen LogP contribution in [0.25, 0.3) is 11.3 Å². The number of rotatable bonds is 12. The summed E-state index contributed by atoms with van der Waals surface area (Å²) >= 11 is 0. The lowest BCUT2D eigenvalue weighted by molar-refractivity contribution is -0.137. The SMILES string of the molecule is COc1cccc(OCc2ccccc2)c1-c1cc(C(=O)N[C@H](CC(=O)O)CC(C)C)nn1C1CCCCC1. The van der Waals surface area contributed by atoms with Gasteiger partial charge in [-0.1, -0.05) is 69.5 Å². The fraction of sp³-hybridized carbons (Fsp3) is 0.452. The van der Waals surface area contributed by atoms with Crippen molar-refractivity contribution < 1.29 is 24.2 Å². The fourth-order valence-electron chi connectivity index (χ4n) is 5.32. The van der Waals surface area contributed by atoms with E-state index in [4.69, 9.17) is 14.6 Å². The van der Waals surface area contributed by atoms with Crippen LogP contribution in [0.5, 0.6) is 11.5 Å². The summed E-state index contributed by atoms with van der Waals surface area (Å²) in [5, 5.41) is 17.1. The summed E-state index contributed by atoms with van der Waals surface area (Å²) in [7, 11) is 1.62. The zero-order valence-corrected chi connectivity index (χ0v) is 23.1. The molecule has 0 aliphatic heterocycles. The van der Waals surface area contributed by atoms with Gasteiger partial charge in [0.05, 0.1) is 30.8 Å². The number of benzene rings is 2. The molecule has 208 valence electrons. The smallest absolute Gasteiger partial charge is 0.305 e. The molecule has 1 aromatic heterocycles. The molecule has 2 N–H and O–H groups in total. The Hall–Kier alpha value is -3.81. The Labute approximate surface area is 230 Å². The average molecular weight is 534 g/mol. The lowest BCUT2D eigenvalue weighted by Crippen LogP contribution is -2.37. The van der Waals surface area contributed by atoms with Crippen molar-refractivity contribution in [2.75, 3.05) is 7.11 Å². The average Bonchev–Trinajstić information content (AvgIpc) is 3.37. The van der Waals surface area contributed by atoms with E-state index in [2.05, 4.69) is 5.32 Å². The summed E-state index contributed by atoms with van der Waals surface area (Å²) in [6, 6.07) is 17.1. The highest BCUT2D eigenvalue weighted by Gasteiger charge is 2.28. The first-order valence-electron chi connectivity index (χ1n) is 13.8. The van der Waals surface area contributed by atoms with Crippen LogP contribution in [0.15, 0.2) is 54.6 Å². The number of amides is 1. The van der Waals surface area contributed by atoms with Crippen LogP contribution in [0.2, 0.25) is 0 Å². The van der Waals surface area contributed by atoms with Crippen molar-refractivity contribution in [1.29, 1.82) is 0 Å². The van der Waals surface area contributed by atoms with E-state index >= 15 is 0 Å². The number of ether oxygens (including phenoxy) is 2. The number of hydrogen-bond donors (Lipinski definition) is 2. The minimum Gasteiger partial charge on any atom is -0.496 e. The number of aliphatic carboxylic acids is 1. The minimum absolute atomic E-state index is 0.135. The van der Waals surface area contributed by atoms with E-state index in [9.17, 15) is 14.7 Å². The van der Waals surface area contributed by atoms with Gasteiger partial charge in [0.15, 0.2) is 5.69 Å². The number of carboxylic acids is 1. The monoisotopic (exact) mass is 533 g/mol. The van der Waals surface area contributed by atoms with Crippen molar-refractivity contribution in [1.82, 2.24) is 15.1 Å². The molecule has 4 rings (SSSR count). The molecule has 1 amide bonds. The Morgan fingerprint density at radius 1 is 1.05 bits per heavy atom. The molecular weight excluding hydrogens is 494 g/mol. The summed E-state index contributed by atoms with van der Waals surface area (Å²) < 4.78 is 14.0. The van der Waals surface area contributed by atoms with Crippen molar-refractivity contribution in [3.05, 3.63) is 65.9 Å². The van der Waals surface area contributed by atoms with Crippen molar-refractivity contribution in [2.24, 2.45) is 5.92 Å². The number of carbonyl (C=O) groups is 2. The van der Waals surface area contributed by atoms with Crippen LogP contribution in [-0.2, 0) is 11.4 Å². The van der Waals surface area contributed by atoms with Gasteiger partial charge in [-0.3, -0.25) is 14.3 Å². The summed E-state index contributed by atoms with van der Waals surface area (Å²) in [5.74, 6) is 0.199. The number of aromatic nitrogens is 2. The lowest BCUT2D eigenvalue weighted by Gasteiger charge is -2.25. The molecule has 1 aliphatic rings. The van der Waals surface area contributed by atoms with Crippen LogP contribution in [0.3, 0.4) is 0 Å². The van der Waals surface area contributed by atoms with E-state index in [0.717, 1.165) is 42.5 Å². The highest BCUT2D eigenvalue weighted by Crippen LogP contribution is 2.42. The number of nitrogens with one attached hydrogen (secondary N) is 1. The third-order valence-corrected chi connectivity index (χ3v) is 7.10. The van der Waals surface area contributed by atoms with Gasteiger partial charge < -0.3 is 19.9 Å². The number of hydrogen-bond acceptors (Lipinski definition) is 5. The van der Waals surface area contributed by atoms with E-state index in [1.54, 1.807) is 13.2 Å². The molecule has 8 nitrogen and oxygen atoms in total. The molecule has 3 aromatic rings. The number of carbonyl (C=O) groups excluding carboxylic acids is 1. The molecule has 1 heterocycles. The number of carboxylic acid groups (broad SMARTS) is 1. The predicted molar refractivity (Wildman–Crippen MR) is 150 cm³/mol. The quantitative estimate of drug-likeness (QED) is 0.285. The molecule has 0 radical (unpaired) electrons. The maximum atomic E-state index is 13.4. The summed E-state index contributed by atoms with van der Waals surface area (Å²) in [4.78, 5) is 24.8. The van der Waals surface area contributed by atoms with Crippen LogP contribution in [0.4, 0.5) is 0 Å². The van der Waals surface area contributed by atoms with E-state index in [1.165, 1.54) is 6.42 Å². The van der Waals surface area contributed by atoms with Crippen molar-refractivity contribution in [2.45, 2.75) is 77.5 Å². The molecule has 1 fully saturated rings. The van der Waals surface area contributed by atoms with Crippen molar-refractivity contribution in [3.63, 3.8) is 0 Å². The van der Waals surface area contributed by atoms with Crippen molar-refractivity contribution in [3.8, 4) is 22.8 Å². The van der Waals surface area contributed by atoms with E-state index in [1.807, 2.05) is 67.1 Å². The fourth-order valence-corrected chi connectivity index (χ4v) is 5.32. The molecule has 39 heavy (non-hydrogen) atoms. The molecule has 0 spiro atoms. The maximum Gasteiger partial charge on any atom is 0.305 e. The van der Waals surface area contributed by atoms with Gasteiger partial charge in [0.1, 0.15) is 18.1 Å². The zero-order valence-electron chi connectivity index (χ0n) is 23.1. The predicted octanol–water partition coefficient (Wildman–Crippen LogP) is 6.26. The van der Waals surface area contributed by atoms with Gasteiger partial charge in [0.25, 0.3) is 5.91 Å². The standard InChI is InChI=1S/C31H39N3O5/c1-21(2)17-23(18-29(35)36)32-31(37)25-19-26(34(33-25)24-13-8-5-9-14-24)30-27(38-3)15-10-16-28(30)39-20-22-11-6-4-7-12-22/h4,6-7,10-12,15-16,19,21,23-24H,5,8-9,13-14,17-18,20H2,1-3H3,(H,32,37)(H,35,36)/t23-/m0/s1. The molecule has 1 aliphatic carbocycles. The third kappa shape index (κ3) is 7.40. The Kier molecular flexibility index (Phi) is 9.63. The lowest BCUT2D eigenvalue weighted by atomic mass is 9.95. The Bertz CT molecular complexity index is 1250. The molecule has 1 saturated carbocycles. The molecule has 1 atom stereocenters. The van der Waals surface area contributed by atoms with Crippen LogP contribution in [0, 0.1) is 5.92 Å². The zero-order chi connectivity index (χ0) is 27.8. The van der Waals surface area contributed by atoms with Crippen LogP contribution in [0.1, 0.15) is 80.9 Å². The van der Waals surface area contributed by atoms with Crippen LogP contribution >= 0.6 is 0 Å². The Balaban J connectivity index is 1.72. The van der Waals surface area contributed by atoms with Gasteiger partial charge in [0.2, 0.25) is 0 Å². The molecule has 0 bridgehead atoms. The first-order chi connectivity index (χ1) is 18.9. The summed E-state index contributed by atoms with van der Waals surface area (Å²) in [5.41, 5.74) is 2.81. The van der Waals surface area contributed by atoms with Gasteiger partial charge >= 0.3 is 5.97 Å². The molecular formula is C31H39N3O5. The highest BCUT2D eigenvalue weighted by molar-refractivity contribution is 5.94. The second kappa shape index (κ2) is 13.3. The van der Waals surface area contributed by atoms with E-state index in [-0.39, 0.29) is 30.0 Å². The molecule has 2 aromatic carbocycles. The first-order valence-corrected chi connectivity index (χ1v) is 13.8. The first kappa shape index (κ1) is 28.2.